The summed E-state index contributed by atoms with van der Waals surface area (Å²) < 4.78 is 0. The van der Waals surface area contributed by atoms with Crippen molar-refractivity contribution >= 4 is 0 Å². The van der Waals surface area contributed by atoms with Crippen molar-refractivity contribution < 1.29 is 0 Å². The Bertz CT molecular complexity index is 360. The van der Waals surface area contributed by atoms with Gasteiger partial charge in [-0.05, 0) is 25.7 Å². The van der Waals surface area contributed by atoms with Gasteiger partial charge in [-0.15, -0.1) is 0 Å². The maximum atomic E-state index is 2.66. The lowest BCUT2D eigenvalue weighted by atomic mass is 10.1. The standard InChI is InChI=1S/C29H58N2/c1-4-7-10-12-14-16-18-20-22-25-30-27-28-31(29(30)24-9-6-3)26-23-21-19-17-15-13-11-8-5-2/h27-29H,4-26H2,1-3H3. The summed E-state index contributed by atoms with van der Waals surface area (Å²) in [5.41, 5.74) is 0. The lowest BCUT2D eigenvalue weighted by Crippen LogP contribution is -2.39. The second-order valence-electron chi connectivity index (χ2n) is 10.1. The summed E-state index contributed by atoms with van der Waals surface area (Å²) in [7, 11) is 0. The molecule has 1 aliphatic rings. The van der Waals surface area contributed by atoms with Crippen molar-refractivity contribution in [1.82, 2.24) is 9.80 Å². The zero-order valence-corrected chi connectivity index (χ0v) is 21.9. The van der Waals surface area contributed by atoms with Gasteiger partial charge in [0.25, 0.3) is 0 Å². The maximum absolute atomic E-state index is 2.66. The molecule has 0 aromatic heterocycles. The van der Waals surface area contributed by atoms with Crippen molar-refractivity contribution in [3.8, 4) is 0 Å². The first-order valence-electron chi connectivity index (χ1n) is 14.5. The smallest absolute Gasteiger partial charge is 0.101 e. The highest BCUT2D eigenvalue weighted by Crippen LogP contribution is 2.23. The van der Waals surface area contributed by atoms with Crippen molar-refractivity contribution in [2.24, 2.45) is 0 Å². The number of unbranched alkanes of at least 4 members (excludes halogenated alkanes) is 17. The lowest BCUT2D eigenvalue weighted by Gasteiger charge is -2.33. The fourth-order valence-electron chi connectivity index (χ4n) is 4.94. The molecule has 2 nitrogen and oxygen atoms in total. The Morgan fingerprint density at radius 3 is 1.10 bits per heavy atom. The molecule has 2 heteroatoms. The van der Waals surface area contributed by atoms with Crippen molar-refractivity contribution in [1.29, 1.82) is 0 Å². The van der Waals surface area contributed by atoms with E-state index in [0.29, 0.717) is 6.17 Å². The number of rotatable bonds is 23. The minimum atomic E-state index is 0.642. The van der Waals surface area contributed by atoms with Crippen LogP contribution in [-0.2, 0) is 0 Å². The van der Waals surface area contributed by atoms with E-state index < -0.39 is 0 Å². The van der Waals surface area contributed by atoms with Crippen LogP contribution in [-0.4, -0.2) is 29.1 Å². The summed E-state index contributed by atoms with van der Waals surface area (Å²) in [5, 5.41) is 0. The van der Waals surface area contributed by atoms with E-state index >= 15 is 0 Å². The Kier molecular flexibility index (Phi) is 19.4. The molecule has 184 valence electrons. The van der Waals surface area contributed by atoms with Crippen molar-refractivity contribution in [2.45, 2.75) is 162 Å². The second kappa shape index (κ2) is 21.2. The Balaban J connectivity index is 2.12. The maximum Gasteiger partial charge on any atom is 0.101 e. The highest BCUT2D eigenvalue weighted by Gasteiger charge is 2.24. The van der Waals surface area contributed by atoms with Gasteiger partial charge in [0, 0.05) is 25.5 Å². The van der Waals surface area contributed by atoms with Crippen LogP contribution < -0.4 is 0 Å². The Morgan fingerprint density at radius 2 is 0.742 bits per heavy atom. The number of hydrogen-bond donors (Lipinski definition) is 0. The van der Waals surface area contributed by atoms with Gasteiger partial charge in [0.1, 0.15) is 6.17 Å². The van der Waals surface area contributed by atoms with Crippen LogP contribution in [0.2, 0.25) is 0 Å². The lowest BCUT2D eigenvalue weighted by molar-refractivity contribution is 0.136. The SMILES string of the molecule is CCCCCCCCCCCN1C=CN(CCCCCCCCCCC)C1CCCC. The first kappa shape index (κ1) is 28.4. The molecule has 0 spiro atoms. The molecule has 0 amide bonds. The molecule has 0 bridgehead atoms. The van der Waals surface area contributed by atoms with E-state index in [9.17, 15) is 0 Å². The van der Waals surface area contributed by atoms with E-state index in [0.717, 1.165) is 0 Å². The minimum Gasteiger partial charge on any atom is -0.356 e. The third-order valence-electron chi connectivity index (χ3n) is 7.07. The van der Waals surface area contributed by atoms with Crippen LogP contribution in [0.1, 0.15) is 156 Å². The van der Waals surface area contributed by atoms with Crippen molar-refractivity contribution in [3.05, 3.63) is 12.4 Å². The van der Waals surface area contributed by atoms with E-state index in [1.165, 1.54) is 148 Å². The van der Waals surface area contributed by atoms with E-state index in [2.05, 4.69) is 43.0 Å². The first-order valence-corrected chi connectivity index (χ1v) is 14.5. The average Bonchev–Trinajstić information content (AvgIpc) is 3.16. The molecular weight excluding hydrogens is 376 g/mol. The molecular formula is C29H58N2. The Hall–Kier alpha value is -0.660. The van der Waals surface area contributed by atoms with Crippen LogP contribution in [0.3, 0.4) is 0 Å². The summed E-state index contributed by atoms with van der Waals surface area (Å²) in [6.07, 6.45) is 35.1. The van der Waals surface area contributed by atoms with Crippen LogP contribution in [0.25, 0.3) is 0 Å². The molecule has 0 N–H and O–H groups in total. The molecule has 0 radical (unpaired) electrons. The molecule has 0 aliphatic carbocycles. The van der Waals surface area contributed by atoms with Crippen LogP contribution in [0.5, 0.6) is 0 Å². The first-order chi connectivity index (χ1) is 15.3. The summed E-state index contributed by atoms with van der Waals surface area (Å²) in [5.74, 6) is 0. The van der Waals surface area contributed by atoms with E-state index in [4.69, 9.17) is 0 Å². The molecule has 1 aliphatic heterocycles. The molecule has 0 aromatic rings. The van der Waals surface area contributed by atoms with Crippen LogP contribution >= 0.6 is 0 Å². The van der Waals surface area contributed by atoms with Gasteiger partial charge in [-0.1, -0.05) is 130 Å². The molecule has 0 aromatic carbocycles. The second-order valence-corrected chi connectivity index (χ2v) is 10.1. The van der Waals surface area contributed by atoms with Gasteiger partial charge in [0.15, 0.2) is 0 Å². The number of hydrogen-bond acceptors (Lipinski definition) is 2. The van der Waals surface area contributed by atoms with Gasteiger partial charge in [-0.3, -0.25) is 0 Å². The van der Waals surface area contributed by atoms with Crippen molar-refractivity contribution in [2.75, 3.05) is 13.1 Å². The summed E-state index contributed by atoms with van der Waals surface area (Å²) in [6, 6.07) is 0. The largest absolute Gasteiger partial charge is 0.356 e. The quantitative estimate of drug-likeness (QED) is 0.148. The predicted molar refractivity (Wildman–Crippen MR) is 140 cm³/mol. The summed E-state index contributed by atoms with van der Waals surface area (Å²) >= 11 is 0. The topological polar surface area (TPSA) is 6.48 Å². The van der Waals surface area contributed by atoms with Gasteiger partial charge in [0.2, 0.25) is 0 Å². The molecule has 31 heavy (non-hydrogen) atoms. The fourth-order valence-corrected chi connectivity index (χ4v) is 4.94. The third-order valence-corrected chi connectivity index (χ3v) is 7.07. The zero-order valence-electron chi connectivity index (χ0n) is 21.9. The Labute approximate surface area is 197 Å². The molecule has 1 heterocycles. The highest BCUT2D eigenvalue weighted by atomic mass is 15.4. The normalized spacial score (nSPS) is 14.3. The fraction of sp³-hybridized carbons (Fsp3) is 0.931. The van der Waals surface area contributed by atoms with Crippen molar-refractivity contribution in [3.63, 3.8) is 0 Å². The summed E-state index contributed by atoms with van der Waals surface area (Å²) in [6.45, 7) is 9.46. The van der Waals surface area contributed by atoms with E-state index in [1.54, 1.807) is 0 Å². The monoisotopic (exact) mass is 434 g/mol. The predicted octanol–water partition coefficient (Wildman–Crippen LogP) is 9.65. The van der Waals surface area contributed by atoms with Crippen LogP contribution in [0, 0.1) is 0 Å². The molecule has 0 saturated heterocycles. The summed E-state index contributed by atoms with van der Waals surface area (Å²) in [4.78, 5) is 5.31. The Morgan fingerprint density at radius 1 is 0.419 bits per heavy atom. The van der Waals surface area contributed by atoms with Gasteiger partial charge >= 0.3 is 0 Å². The van der Waals surface area contributed by atoms with Crippen LogP contribution in [0.15, 0.2) is 12.4 Å². The zero-order chi connectivity index (χ0) is 22.4. The number of nitrogens with zero attached hydrogens (tertiary/aromatic N) is 2. The van der Waals surface area contributed by atoms with Crippen LogP contribution in [0.4, 0.5) is 0 Å². The average molecular weight is 435 g/mol. The minimum absolute atomic E-state index is 0.642. The van der Waals surface area contributed by atoms with E-state index in [-0.39, 0.29) is 0 Å². The molecule has 1 rings (SSSR count). The van der Waals surface area contributed by atoms with Gasteiger partial charge in [-0.25, -0.2) is 0 Å². The van der Waals surface area contributed by atoms with Gasteiger partial charge in [-0.2, -0.15) is 0 Å². The molecule has 0 unspecified atom stereocenters. The highest BCUT2D eigenvalue weighted by molar-refractivity contribution is 4.96. The molecule has 0 fully saturated rings. The molecule has 0 saturated carbocycles. The third kappa shape index (κ3) is 14.9. The molecule has 0 atom stereocenters. The van der Waals surface area contributed by atoms with Gasteiger partial charge in [0.05, 0.1) is 0 Å². The van der Waals surface area contributed by atoms with Gasteiger partial charge < -0.3 is 9.80 Å². The van der Waals surface area contributed by atoms with E-state index in [1.807, 2.05) is 0 Å².